The van der Waals surface area contributed by atoms with Gasteiger partial charge in [0.15, 0.2) is 11.5 Å². The number of nitriles is 1. The molecule has 7 nitrogen and oxygen atoms in total. The third-order valence-electron chi connectivity index (χ3n) is 7.67. The molecule has 5 aromatic rings. The minimum Gasteiger partial charge on any atom is -0.489 e. The van der Waals surface area contributed by atoms with E-state index in [1.54, 1.807) is 16.7 Å². The lowest BCUT2D eigenvalue weighted by atomic mass is 10.0. The molecule has 8 heteroatoms. The second-order valence-electron chi connectivity index (χ2n) is 10.4. The van der Waals surface area contributed by atoms with Crippen LogP contribution in [0.15, 0.2) is 84.9 Å². The van der Waals surface area contributed by atoms with Crippen LogP contribution in [0.2, 0.25) is 5.02 Å². The molecule has 0 spiro atoms. The molecular weight excluding hydrogens is 564 g/mol. The fraction of sp³-hybridized carbons (Fsp3) is 0.200. The standard InChI is InChI=1S/C35H29ClN2O5/c36-29-19-32-31(42-22-43-32)17-26(29)20-38-30-15-14-27(41-21-25-13-7-6-10-23(25)9-5-2-8-16-37)18-28(30)33(34(38)35(39)40)24-11-3-1-4-12-24/h1,3-4,6-7,10-15,17-19H,2,5,8-9,20-22H2,(H,39,40). The van der Waals surface area contributed by atoms with Crippen molar-refractivity contribution in [1.29, 1.82) is 5.26 Å². The summed E-state index contributed by atoms with van der Waals surface area (Å²) >= 11 is 6.62. The molecule has 0 bridgehead atoms. The number of ether oxygens (including phenoxy) is 3. The van der Waals surface area contributed by atoms with Gasteiger partial charge in [0.2, 0.25) is 6.79 Å². The van der Waals surface area contributed by atoms with Gasteiger partial charge in [-0.25, -0.2) is 4.79 Å². The number of aryl methyl sites for hydroxylation is 1. The Bertz CT molecular complexity index is 1840. The number of unbranched alkanes of at least 4 members (excludes halogenated alkanes) is 2. The van der Waals surface area contributed by atoms with Crippen molar-refractivity contribution in [1.82, 2.24) is 4.57 Å². The van der Waals surface area contributed by atoms with E-state index >= 15 is 0 Å². The Morgan fingerprint density at radius 3 is 2.44 bits per heavy atom. The van der Waals surface area contributed by atoms with Crippen molar-refractivity contribution in [3.05, 3.63) is 112 Å². The van der Waals surface area contributed by atoms with E-state index in [4.69, 9.17) is 31.1 Å². The maximum absolute atomic E-state index is 12.9. The zero-order chi connectivity index (χ0) is 29.8. The molecule has 216 valence electrons. The van der Waals surface area contributed by atoms with Gasteiger partial charge in [0, 0.05) is 34.0 Å². The molecule has 0 saturated carbocycles. The Kier molecular flexibility index (Phi) is 8.21. The summed E-state index contributed by atoms with van der Waals surface area (Å²) in [5.74, 6) is 0.746. The van der Waals surface area contributed by atoms with E-state index in [1.165, 1.54) is 5.56 Å². The molecule has 4 aromatic carbocycles. The van der Waals surface area contributed by atoms with Crippen molar-refractivity contribution in [2.45, 2.75) is 38.8 Å². The largest absolute Gasteiger partial charge is 0.489 e. The summed E-state index contributed by atoms with van der Waals surface area (Å²) in [7, 11) is 0. The van der Waals surface area contributed by atoms with Crippen molar-refractivity contribution in [2.24, 2.45) is 0 Å². The number of rotatable bonds is 11. The monoisotopic (exact) mass is 592 g/mol. The lowest BCUT2D eigenvalue weighted by Crippen LogP contribution is -2.11. The summed E-state index contributed by atoms with van der Waals surface area (Å²) < 4.78 is 19.1. The Labute approximate surface area is 254 Å². The van der Waals surface area contributed by atoms with Crippen LogP contribution in [0.3, 0.4) is 0 Å². The van der Waals surface area contributed by atoms with E-state index < -0.39 is 5.97 Å². The molecule has 0 fully saturated rings. The molecule has 2 heterocycles. The number of aromatic carboxylic acids is 1. The number of nitrogens with zero attached hydrogens (tertiary/aromatic N) is 2. The number of benzene rings is 4. The van der Waals surface area contributed by atoms with Gasteiger partial charge in [0.25, 0.3) is 0 Å². The van der Waals surface area contributed by atoms with Crippen LogP contribution in [-0.4, -0.2) is 22.4 Å². The number of hydrogen-bond donors (Lipinski definition) is 1. The van der Waals surface area contributed by atoms with Crippen LogP contribution in [0.25, 0.3) is 22.0 Å². The van der Waals surface area contributed by atoms with Gasteiger partial charge in [0.1, 0.15) is 18.1 Å². The smallest absolute Gasteiger partial charge is 0.353 e. The SMILES string of the molecule is N#CCCCCc1ccccc1COc1ccc2c(c1)c(-c1ccccc1)c(C(=O)O)n2Cc1cc2c(cc1Cl)OCO2. The first-order valence-corrected chi connectivity index (χ1v) is 14.5. The second kappa shape index (κ2) is 12.5. The summed E-state index contributed by atoms with van der Waals surface area (Å²) in [6, 6.07) is 29.1. The summed E-state index contributed by atoms with van der Waals surface area (Å²) in [5, 5.41) is 20.6. The highest BCUT2D eigenvalue weighted by Crippen LogP contribution is 2.40. The summed E-state index contributed by atoms with van der Waals surface area (Å²) in [4.78, 5) is 12.9. The topological polar surface area (TPSA) is 93.7 Å². The molecule has 1 aromatic heterocycles. The second-order valence-corrected chi connectivity index (χ2v) is 10.8. The van der Waals surface area contributed by atoms with E-state index in [-0.39, 0.29) is 19.0 Å². The van der Waals surface area contributed by atoms with E-state index in [9.17, 15) is 9.90 Å². The third-order valence-corrected chi connectivity index (χ3v) is 8.02. The van der Waals surface area contributed by atoms with Crippen molar-refractivity contribution in [2.75, 3.05) is 6.79 Å². The maximum Gasteiger partial charge on any atom is 0.353 e. The van der Waals surface area contributed by atoms with Gasteiger partial charge in [0.05, 0.1) is 12.6 Å². The summed E-state index contributed by atoms with van der Waals surface area (Å²) in [6.45, 7) is 0.717. The number of carboxylic acid groups (broad SMARTS) is 1. The first kappa shape index (κ1) is 28.2. The van der Waals surface area contributed by atoms with Gasteiger partial charge in [-0.05, 0) is 65.8 Å². The molecule has 0 unspecified atom stereocenters. The Morgan fingerprint density at radius 1 is 0.930 bits per heavy atom. The van der Waals surface area contributed by atoms with Crippen LogP contribution in [0.4, 0.5) is 0 Å². The predicted octanol–water partition coefficient (Wildman–Crippen LogP) is 8.25. The average molecular weight is 593 g/mol. The van der Waals surface area contributed by atoms with Gasteiger partial charge < -0.3 is 23.9 Å². The first-order chi connectivity index (χ1) is 21.0. The predicted molar refractivity (Wildman–Crippen MR) is 165 cm³/mol. The molecule has 1 aliphatic heterocycles. The molecule has 1 N–H and O–H groups in total. The zero-order valence-corrected chi connectivity index (χ0v) is 24.1. The summed E-state index contributed by atoms with van der Waals surface area (Å²) in [5.41, 5.74) is 5.32. The highest BCUT2D eigenvalue weighted by Gasteiger charge is 2.26. The van der Waals surface area contributed by atoms with Crippen LogP contribution >= 0.6 is 11.6 Å². The number of fused-ring (bicyclic) bond motifs is 2. The molecule has 0 radical (unpaired) electrons. The van der Waals surface area contributed by atoms with E-state index in [2.05, 4.69) is 18.2 Å². The Hall–Kier alpha value is -4.93. The van der Waals surface area contributed by atoms with Crippen molar-refractivity contribution in [3.8, 4) is 34.4 Å². The number of carbonyl (C=O) groups is 1. The van der Waals surface area contributed by atoms with Crippen LogP contribution < -0.4 is 14.2 Å². The normalized spacial score (nSPS) is 11.9. The minimum absolute atomic E-state index is 0.120. The molecule has 1 aliphatic rings. The van der Waals surface area contributed by atoms with Crippen LogP contribution in [0.5, 0.6) is 17.2 Å². The van der Waals surface area contributed by atoms with Gasteiger partial charge in [-0.15, -0.1) is 0 Å². The molecule has 0 aliphatic carbocycles. The van der Waals surface area contributed by atoms with E-state index in [0.29, 0.717) is 40.9 Å². The Balaban J connectivity index is 1.38. The van der Waals surface area contributed by atoms with Gasteiger partial charge in [-0.1, -0.05) is 66.2 Å². The molecule has 0 amide bonds. The molecule has 0 saturated heterocycles. The third kappa shape index (κ3) is 5.88. The lowest BCUT2D eigenvalue weighted by molar-refractivity contribution is 0.0687. The average Bonchev–Trinajstić information content (AvgIpc) is 3.61. The van der Waals surface area contributed by atoms with Crippen LogP contribution in [-0.2, 0) is 19.6 Å². The van der Waals surface area contributed by atoms with Gasteiger partial charge >= 0.3 is 5.97 Å². The number of hydrogen-bond acceptors (Lipinski definition) is 5. The highest BCUT2D eigenvalue weighted by atomic mass is 35.5. The number of aromatic nitrogens is 1. The van der Waals surface area contributed by atoms with Crippen LogP contribution in [0, 0.1) is 11.3 Å². The quantitative estimate of drug-likeness (QED) is 0.155. The van der Waals surface area contributed by atoms with E-state index in [1.807, 2.05) is 60.7 Å². The van der Waals surface area contributed by atoms with Gasteiger partial charge in [-0.2, -0.15) is 5.26 Å². The lowest BCUT2D eigenvalue weighted by Gasteiger charge is -2.13. The maximum atomic E-state index is 12.9. The van der Waals surface area contributed by atoms with E-state index in [0.717, 1.165) is 46.9 Å². The van der Waals surface area contributed by atoms with Crippen molar-refractivity contribution in [3.63, 3.8) is 0 Å². The fourth-order valence-electron chi connectivity index (χ4n) is 5.58. The van der Waals surface area contributed by atoms with Crippen molar-refractivity contribution >= 4 is 28.5 Å². The molecule has 43 heavy (non-hydrogen) atoms. The number of carboxylic acids is 1. The number of halogens is 1. The highest BCUT2D eigenvalue weighted by molar-refractivity contribution is 6.31. The van der Waals surface area contributed by atoms with Gasteiger partial charge in [-0.3, -0.25) is 0 Å². The zero-order valence-electron chi connectivity index (χ0n) is 23.4. The minimum atomic E-state index is -1.04. The molecule has 6 rings (SSSR count). The summed E-state index contributed by atoms with van der Waals surface area (Å²) in [6.07, 6.45) is 3.24. The fourth-order valence-corrected chi connectivity index (χ4v) is 5.79. The molecule has 0 atom stereocenters. The van der Waals surface area contributed by atoms with Crippen LogP contribution in [0.1, 0.15) is 46.4 Å². The first-order valence-electron chi connectivity index (χ1n) is 14.1. The molecular formula is C35H29ClN2O5. The Morgan fingerprint density at radius 2 is 1.67 bits per heavy atom. The van der Waals surface area contributed by atoms with Crippen molar-refractivity contribution < 1.29 is 24.1 Å².